The fourth-order valence-electron chi connectivity index (χ4n) is 2.24. The van der Waals surface area contributed by atoms with Crippen molar-refractivity contribution in [1.29, 1.82) is 0 Å². The van der Waals surface area contributed by atoms with Crippen molar-refractivity contribution in [3.63, 3.8) is 0 Å². The van der Waals surface area contributed by atoms with Gasteiger partial charge in [0.1, 0.15) is 0 Å². The highest BCUT2D eigenvalue weighted by Gasteiger charge is 2.20. The SMILES string of the molecule is O=C(O)CC(CC(=O)Nc1ccccc1)c1ccc(Cl)c(Cl)c1. The number of carbonyl (C=O) groups is 2. The van der Waals surface area contributed by atoms with Crippen LogP contribution >= 0.6 is 23.2 Å². The number of hydrogen-bond donors (Lipinski definition) is 2. The first-order chi connectivity index (χ1) is 11.0. The minimum Gasteiger partial charge on any atom is -0.481 e. The van der Waals surface area contributed by atoms with Crippen molar-refractivity contribution >= 4 is 40.8 Å². The molecule has 0 spiro atoms. The third kappa shape index (κ3) is 5.27. The lowest BCUT2D eigenvalue weighted by molar-refractivity contribution is -0.137. The fraction of sp³-hybridized carbons (Fsp3) is 0.176. The number of benzene rings is 2. The maximum Gasteiger partial charge on any atom is 0.303 e. The van der Waals surface area contributed by atoms with Crippen LogP contribution < -0.4 is 5.32 Å². The van der Waals surface area contributed by atoms with Crippen LogP contribution in [0.2, 0.25) is 10.0 Å². The molecule has 6 heteroatoms. The Morgan fingerprint density at radius 1 is 1.00 bits per heavy atom. The van der Waals surface area contributed by atoms with Crippen LogP contribution in [0.3, 0.4) is 0 Å². The zero-order valence-corrected chi connectivity index (χ0v) is 13.6. The van der Waals surface area contributed by atoms with Gasteiger partial charge in [-0.2, -0.15) is 0 Å². The summed E-state index contributed by atoms with van der Waals surface area (Å²) >= 11 is 11.9. The number of halogens is 2. The van der Waals surface area contributed by atoms with Crippen molar-refractivity contribution < 1.29 is 14.7 Å². The average Bonchev–Trinajstić information content (AvgIpc) is 2.50. The largest absolute Gasteiger partial charge is 0.481 e. The molecule has 120 valence electrons. The van der Waals surface area contributed by atoms with E-state index in [0.717, 1.165) is 0 Å². The number of anilines is 1. The van der Waals surface area contributed by atoms with E-state index in [1.807, 2.05) is 18.2 Å². The van der Waals surface area contributed by atoms with Crippen molar-refractivity contribution in [3.05, 3.63) is 64.1 Å². The predicted octanol–water partition coefficient (Wildman–Crippen LogP) is 4.58. The Kier molecular flexibility index (Phi) is 6.02. The maximum absolute atomic E-state index is 12.2. The van der Waals surface area contributed by atoms with Gasteiger partial charge in [0, 0.05) is 18.0 Å². The lowest BCUT2D eigenvalue weighted by Crippen LogP contribution is -2.17. The summed E-state index contributed by atoms with van der Waals surface area (Å²) < 4.78 is 0. The standard InChI is InChI=1S/C17H15Cl2NO3/c18-14-7-6-11(8-15(14)19)12(10-17(22)23)9-16(21)20-13-4-2-1-3-5-13/h1-8,12H,9-10H2,(H,20,21)(H,22,23). The van der Waals surface area contributed by atoms with Gasteiger partial charge in [-0.1, -0.05) is 47.5 Å². The Labute approximate surface area is 144 Å². The topological polar surface area (TPSA) is 66.4 Å². The zero-order chi connectivity index (χ0) is 16.8. The Bertz CT molecular complexity index is 704. The molecule has 0 saturated heterocycles. The molecule has 0 radical (unpaired) electrons. The first kappa shape index (κ1) is 17.3. The van der Waals surface area contributed by atoms with E-state index in [1.165, 1.54) is 0 Å². The van der Waals surface area contributed by atoms with Gasteiger partial charge in [0.25, 0.3) is 0 Å². The van der Waals surface area contributed by atoms with Crippen molar-refractivity contribution in [1.82, 2.24) is 0 Å². The van der Waals surface area contributed by atoms with E-state index in [2.05, 4.69) is 5.32 Å². The number of amides is 1. The van der Waals surface area contributed by atoms with Gasteiger partial charge in [0.15, 0.2) is 0 Å². The van der Waals surface area contributed by atoms with E-state index in [4.69, 9.17) is 28.3 Å². The van der Waals surface area contributed by atoms with Gasteiger partial charge in [0.05, 0.1) is 16.5 Å². The number of para-hydroxylation sites is 1. The van der Waals surface area contributed by atoms with E-state index in [9.17, 15) is 9.59 Å². The van der Waals surface area contributed by atoms with Crippen molar-refractivity contribution in [2.24, 2.45) is 0 Å². The highest BCUT2D eigenvalue weighted by atomic mass is 35.5. The Morgan fingerprint density at radius 3 is 2.30 bits per heavy atom. The van der Waals surface area contributed by atoms with Gasteiger partial charge in [-0.05, 0) is 29.8 Å². The van der Waals surface area contributed by atoms with Gasteiger partial charge >= 0.3 is 5.97 Å². The third-order valence-electron chi connectivity index (χ3n) is 3.33. The van der Waals surface area contributed by atoms with Gasteiger partial charge in [-0.25, -0.2) is 0 Å². The summed E-state index contributed by atoms with van der Waals surface area (Å²) in [6.45, 7) is 0. The normalized spacial score (nSPS) is 11.7. The lowest BCUT2D eigenvalue weighted by Gasteiger charge is -2.16. The lowest BCUT2D eigenvalue weighted by atomic mass is 9.92. The minimum atomic E-state index is -0.978. The Balaban J connectivity index is 2.13. The number of hydrogen-bond acceptors (Lipinski definition) is 2. The average molecular weight is 352 g/mol. The van der Waals surface area contributed by atoms with Crippen LogP contribution in [0.15, 0.2) is 48.5 Å². The molecule has 2 rings (SSSR count). The van der Waals surface area contributed by atoms with E-state index in [-0.39, 0.29) is 18.7 Å². The van der Waals surface area contributed by atoms with Gasteiger partial charge in [-0.3, -0.25) is 9.59 Å². The smallest absolute Gasteiger partial charge is 0.303 e. The van der Waals surface area contributed by atoms with Crippen molar-refractivity contribution in [2.45, 2.75) is 18.8 Å². The number of carboxylic acids is 1. The van der Waals surface area contributed by atoms with Crippen molar-refractivity contribution in [2.75, 3.05) is 5.32 Å². The number of carboxylic acid groups (broad SMARTS) is 1. The van der Waals surface area contributed by atoms with Crippen LogP contribution in [0.1, 0.15) is 24.3 Å². The molecule has 2 N–H and O–H groups in total. The molecule has 0 saturated carbocycles. The van der Waals surface area contributed by atoms with Crippen LogP contribution in [0.5, 0.6) is 0 Å². The van der Waals surface area contributed by atoms with Gasteiger partial charge in [-0.15, -0.1) is 0 Å². The monoisotopic (exact) mass is 351 g/mol. The number of carbonyl (C=O) groups excluding carboxylic acids is 1. The molecule has 0 aliphatic heterocycles. The molecular weight excluding hydrogens is 337 g/mol. The molecule has 0 bridgehead atoms. The highest BCUT2D eigenvalue weighted by molar-refractivity contribution is 6.42. The van der Waals surface area contributed by atoms with Crippen molar-refractivity contribution in [3.8, 4) is 0 Å². The summed E-state index contributed by atoms with van der Waals surface area (Å²) in [7, 11) is 0. The molecule has 1 atom stereocenters. The zero-order valence-electron chi connectivity index (χ0n) is 12.1. The molecular formula is C17H15Cl2NO3. The Hall–Kier alpha value is -2.04. The second-order valence-electron chi connectivity index (χ2n) is 5.09. The van der Waals surface area contributed by atoms with E-state index < -0.39 is 11.9 Å². The molecule has 0 fully saturated rings. The fourth-order valence-corrected chi connectivity index (χ4v) is 2.55. The molecule has 4 nitrogen and oxygen atoms in total. The second-order valence-corrected chi connectivity index (χ2v) is 5.90. The molecule has 2 aromatic rings. The molecule has 0 aliphatic carbocycles. The third-order valence-corrected chi connectivity index (χ3v) is 4.06. The molecule has 2 aromatic carbocycles. The van der Waals surface area contributed by atoms with Crippen LogP contribution in [-0.2, 0) is 9.59 Å². The van der Waals surface area contributed by atoms with E-state index in [0.29, 0.717) is 21.3 Å². The highest BCUT2D eigenvalue weighted by Crippen LogP contribution is 2.30. The first-order valence-electron chi connectivity index (χ1n) is 6.97. The van der Waals surface area contributed by atoms with E-state index >= 15 is 0 Å². The predicted molar refractivity (Wildman–Crippen MR) is 91.1 cm³/mol. The molecule has 0 aromatic heterocycles. The van der Waals surface area contributed by atoms with E-state index in [1.54, 1.807) is 30.3 Å². The molecule has 0 heterocycles. The molecule has 0 aliphatic rings. The molecule has 23 heavy (non-hydrogen) atoms. The van der Waals surface area contributed by atoms with Gasteiger partial charge in [0.2, 0.25) is 5.91 Å². The summed E-state index contributed by atoms with van der Waals surface area (Å²) in [5.41, 5.74) is 1.34. The van der Waals surface area contributed by atoms with Crippen LogP contribution in [-0.4, -0.2) is 17.0 Å². The number of nitrogens with one attached hydrogen (secondary N) is 1. The van der Waals surface area contributed by atoms with Crippen LogP contribution in [0.4, 0.5) is 5.69 Å². The summed E-state index contributed by atoms with van der Waals surface area (Å²) in [6, 6.07) is 13.9. The minimum absolute atomic E-state index is 0.0408. The first-order valence-corrected chi connectivity index (χ1v) is 7.73. The molecule has 1 unspecified atom stereocenters. The quantitative estimate of drug-likeness (QED) is 0.800. The van der Waals surface area contributed by atoms with Gasteiger partial charge < -0.3 is 10.4 Å². The molecule has 1 amide bonds. The summed E-state index contributed by atoms with van der Waals surface area (Å²) in [5.74, 6) is -1.71. The second kappa shape index (κ2) is 7.99. The van der Waals surface area contributed by atoms with Crippen LogP contribution in [0.25, 0.3) is 0 Å². The summed E-state index contributed by atoms with van der Waals surface area (Å²) in [4.78, 5) is 23.3. The summed E-state index contributed by atoms with van der Waals surface area (Å²) in [6.07, 6.45) is -0.126. The maximum atomic E-state index is 12.2. The van der Waals surface area contributed by atoms with Crippen LogP contribution in [0, 0.1) is 0 Å². The summed E-state index contributed by atoms with van der Waals surface area (Å²) in [5, 5.41) is 12.6. The number of rotatable bonds is 6. The number of aliphatic carboxylic acids is 1. The Morgan fingerprint density at radius 2 is 1.70 bits per heavy atom.